The molecule has 0 aliphatic heterocycles. The molecule has 3 N–H and O–H groups in total. The van der Waals surface area contributed by atoms with Gasteiger partial charge in [0.2, 0.25) is 5.91 Å². The first-order valence-corrected chi connectivity index (χ1v) is 10.9. The van der Waals surface area contributed by atoms with Crippen LogP contribution in [0.25, 0.3) is 0 Å². The molecule has 4 aliphatic rings. The molecule has 27 heavy (non-hydrogen) atoms. The van der Waals surface area contributed by atoms with E-state index >= 15 is 0 Å². The smallest absolute Gasteiger partial charge is 0.319 e. The molecule has 1 aromatic carbocycles. The average molecular weight is 434 g/mol. The number of carbonyl (C=O) groups excluding carboxylic acids is 2. The minimum absolute atomic E-state index is 0.0367. The maximum Gasteiger partial charge on any atom is 0.319 e. The summed E-state index contributed by atoms with van der Waals surface area (Å²) < 4.78 is 0.962. The van der Waals surface area contributed by atoms with Gasteiger partial charge in [-0.15, -0.1) is 0 Å². The van der Waals surface area contributed by atoms with Crippen molar-refractivity contribution in [3.05, 3.63) is 28.7 Å². The third-order valence-electron chi connectivity index (χ3n) is 6.57. The topological polar surface area (TPSA) is 70.2 Å². The van der Waals surface area contributed by atoms with Crippen molar-refractivity contribution in [3.63, 3.8) is 0 Å². The molecule has 4 fully saturated rings. The van der Waals surface area contributed by atoms with E-state index in [0.717, 1.165) is 34.5 Å². The van der Waals surface area contributed by atoms with Crippen molar-refractivity contribution in [1.29, 1.82) is 0 Å². The van der Waals surface area contributed by atoms with Gasteiger partial charge >= 0.3 is 6.03 Å². The normalized spacial score (nSPS) is 30.8. The maximum absolute atomic E-state index is 12.2. The number of urea groups is 1. The highest BCUT2D eigenvalue weighted by Crippen LogP contribution is 2.59. The number of amides is 3. The highest BCUT2D eigenvalue weighted by atomic mass is 79.9. The first-order valence-electron chi connectivity index (χ1n) is 10.1. The molecule has 5 nitrogen and oxygen atoms in total. The monoisotopic (exact) mass is 433 g/mol. The minimum Gasteiger partial charge on any atom is -0.355 e. The van der Waals surface area contributed by atoms with E-state index < -0.39 is 0 Å². The maximum atomic E-state index is 12.2. The fraction of sp³-hybridized carbons (Fsp3) is 0.619. The molecule has 146 valence electrons. The van der Waals surface area contributed by atoms with E-state index in [4.69, 9.17) is 0 Å². The van der Waals surface area contributed by atoms with Crippen LogP contribution in [-0.4, -0.2) is 25.0 Å². The zero-order chi connectivity index (χ0) is 18.9. The Balaban J connectivity index is 1.16. The zero-order valence-electron chi connectivity index (χ0n) is 15.6. The molecule has 0 aromatic heterocycles. The Morgan fingerprint density at radius 2 is 1.56 bits per heavy atom. The molecule has 6 heteroatoms. The molecular weight excluding hydrogens is 406 g/mol. The standard InChI is InChI=1S/C21H28BrN3O2/c22-17-1-3-18(4-2-17)25-20(27)23-6-5-19(26)24-13-21-10-14-7-15(11-21)9-16(8-14)12-21/h1-4,14-16H,5-13H2,(H,24,26)(H2,23,25,27). The Bertz CT molecular complexity index is 669. The van der Waals surface area contributed by atoms with Crippen LogP contribution in [0.15, 0.2) is 28.7 Å². The van der Waals surface area contributed by atoms with E-state index in [9.17, 15) is 9.59 Å². The Labute approximate surface area is 169 Å². The molecule has 0 atom stereocenters. The molecule has 0 unspecified atom stereocenters. The van der Waals surface area contributed by atoms with Gasteiger partial charge in [0.1, 0.15) is 0 Å². The van der Waals surface area contributed by atoms with E-state index in [0.29, 0.717) is 18.4 Å². The van der Waals surface area contributed by atoms with Crippen LogP contribution in [0.1, 0.15) is 44.9 Å². The third-order valence-corrected chi connectivity index (χ3v) is 7.09. The number of nitrogens with one attached hydrogen (secondary N) is 3. The van der Waals surface area contributed by atoms with Crippen LogP contribution in [-0.2, 0) is 4.79 Å². The van der Waals surface area contributed by atoms with E-state index in [2.05, 4.69) is 31.9 Å². The Morgan fingerprint density at radius 3 is 2.15 bits per heavy atom. The average Bonchev–Trinajstić information content (AvgIpc) is 2.61. The van der Waals surface area contributed by atoms with Crippen LogP contribution in [0.2, 0.25) is 0 Å². The molecular formula is C21H28BrN3O2. The van der Waals surface area contributed by atoms with Gasteiger partial charge in [-0.1, -0.05) is 15.9 Å². The fourth-order valence-electron chi connectivity index (χ4n) is 5.88. The lowest BCUT2D eigenvalue weighted by Crippen LogP contribution is -2.51. The van der Waals surface area contributed by atoms with E-state index in [1.807, 2.05) is 24.3 Å². The third kappa shape index (κ3) is 4.65. The molecule has 5 rings (SSSR count). The lowest BCUT2D eigenvalue weighted by atomic mass is 9.49. The highest BCUT2D eigenvalue weighted by Gasteiger charge is 2.50. The summed E-state index contributed by atoms with van der Waals surface area (Å²) in [5.41, 5.74) is 1.08. The molecule has 0 radical (unpaired) electrons. The summed E-state index contributed by atoms with van der Waals surface area (Å²) in [6, 6.07) is 7.09. The van der Waals surface area contributed by atoms with E-state index in [1.54, 1.807) is 0 Å². The van der Waals surface area contributed by atoms with Gasteiger partial charge in [-0.25, -0.2) is 4.79 Å². The van der Waals surface area contributed by atoms with Crippen LogP contribution in [0.3, 0.4) is 0 Å². The van der Waals surface area contributed by atoms with Gasteiger partial charge < -0.3 is 16.0 Å². The molecule has 1 aromatic rings. The van der Waals surface area contributed by atoms with Crippen molar-refractivity contribution in [2.75, 3.05) is 18.4 Å². The number of halogens is 1. The zero-order valence-corrected chi connectivity index (χ0v) is 17.2. The number of benzene rings is 1. The first kappa shape index (κ1) is 18.8. The summed E-state index contributed by atoms with van der Waals surface area (Å²) in [6.07, 6.45) is 8.48. The predicted molar refractivity (Wildman–Crippen MR) is 109 cm³/mol. The first-order chi connectivity index (χ1) is 13.0. The van der Waals surface area contributed by atoms with Crippen LogP contribution >= 0.6 is 15.9 Å². The Morgan fingerprint density at radius 1 is 0.963 bits per heavy atom. The van der Waals surface area contributed by atoms with Gasteiger partial charge in [-0.2, -0.15) is 0 Å². The summed E-state index contributed by atoms with van der Waals surface area (Å²) in [6.45, 7) is 1.16. The molecule has 3 amide bonds. The van der Waals surface area contributed by atoms with Gasteiger partial charge in [-0.3, -0.25) is 4.79 Å². The fourth-order valence-corrected chi connectivity index (χ4v) is 6.14. The number of rotatable bonds is 6. The van der Waals surface area contributed by atoms with Crippen LogP contribution < -0.4 is 16.0 Å². The molecule has 0 saturated heterocycles. The second-order valence-electron chi connectivity index (χ2n) is 8.83. The number of anilines is 1. The van der Waals surface area contributed by atoms with Gasteiger partial charge in [0, 0.05) is 29.7 Å². The Kier molecular flexibility index (Phi) is 5.44. The van der Waals surface area contributed by atoms with Gasteiger partial charge in [0.05, 0.1) is 0 Å². The summed E-state index contributed by atoms with van der Waals surface area (Å²) in [4.78, 5) is 24.1. The second-order valence-corrected chi connectivity index (χ2v) is 9.75. The van der Waals surface area contributed by atoms with Crippen molar-refractivity contribution < 1.29 is 9.59 Å². The van der Waals surface area contributed by atoms with E-state index in [1.165, 1.54) is 38.5 Å². The summed E-state index contributed by atoms with van der Waals surface area (Å²) in [5.74, 6) is 2.74. The van der Waals surface area contributed by atoms with Crippen molar-refractivity contribution >= 4 is 33.6 Å². The van der Waals surface area contributed by atoms with E-state index in [-0.39, 0.29) is 11.9 Å². The van der Waals surface area contributed by atoms with Crippen LogP contribution in [0, 0.1) is 23.2 Å². The molecule has 4 bridgehead atoms. The lowest BCUT2D eigenvalue weighted by Gasteiger charge is -2.56. The van der Waals surface area contributed by atoms with Gasteiger partial charge in [0.15, 0.2) is 0 Å². The van der Waals surface area contributed by atoms with Crippen molar-refractivity contribution in [3.8, 4) is 0 Å². The largest absolute Gasteiger partial charge is 0.355 e. The summed E-state index contributed by atoms with van der Waals surface area (Å²) in [5, 5.41) is 8.66. The number of carbonyl (C=O) groups is 2. The minimum atomic E-state index is -0.286. The van der Waals surface area contributed by atoms with Crippen LogP contribution in [0.4, 0.5) is 10.5 Å². The molecule has 0 heterocycles. The molecule has 0 spiro atoms. The second kappa shape index (κ2) is 7.82. The highest BCUT2D eigenvalue weighted by molar-refractivity contribution is 9.10. The number of hydrogen-bond acceptors (Lipinski definition) is 2. The SMILES string of the molecule is O=C(CCNC(=O)Nc1ccc(Br)cc1)NCC12CC3CC(CC(C3)C1)C2. The summed E-state index contributed by atoms with van der Waals surface area (Å²) in [7, 11) is 0. The lowest BCUT2D eigenvalue weighted by molar-refractivity contribution is -0.123. The van der Waals surface area contributed by atoms with Crippen molar-refractivity contribution in [1.82, 2.24) is 10.6 Å². The quantitative estimate of drug-likeness (QED) is 0.625. The number of hydrogen-bond donors (Lipinski definition) is 3. The molecule has 4 saturated carbocycles. The summed E-state index contributed by atoms with van der Waals surface area (Å²) >= 11 is 3.36. The van der Waals surface area contributed by atoms with Gasteiger partial charge in [0.25, 0.3) is 0 Å². The Hall–Kier alpha value is -1.56. The van der Waals surface area contributed by atoms with Gasteiger partial charge in [-0.05, 0) is 86.0 Å². The van der Waals surface area contributed by atoms with Crippen LogP contribution in [0.5, 0.6) is 0 Å². The van der Waals surface area contributed by atoms with Crippen molar-refractivity contribution in [2.24, 2.45) is 23.2 Å². The molecule has 4 aliphatic carbocycles. The predicted octanol–water partition coefficient (Wildman–Crippen LogP) is 4.29. The van der Waals surface area contributed by atoms with Crippen molar-refractivity contribution in [2.45, 2.75) is 44.9 Å².